The van der Waals surface area contributed by atoms with Crippen molar-refractivity contribution in [2.45, 2.75) is 19.6 Å². The molecule has 0 unspecified atom stereocenters. The van der Waals surface area contributed by atoms with Crippen molar-refractivity contribution in [3.63, 3.8) is 0 Å². The molecule has 2 rings (SSSR count). The molecule has 6 nitrogen and oxygen atoms in total. The van der Waals surface area contributed by atoms with Crippen molar-refractivity contribution in [3.8, 4) is 0 Å². The van der Waals surface area contributed by atoms with Crippen molar-refractivity contribution in [1.82, 2.24) is 5.32 Å². The van der Waals surface area contributed by atoms with Gasteiger partial charge in [-0.15, -0.1) is 0 Å². The van der Waals surface area contributed by atoms with Crippen LogP contribution in [0, 0.1) is 10.1 Å². The summed E-state index contributed by atoms with van der Waals surface area (Å²) in [7, 11) is 0. The molecule has 1 amide bonds. The van der Waals surface area contributed by atoms with Gasteiger partial charge in [-0.1, -0.05) is 48.5 Å². The number of nitrogens with one attached hydrogen (secondary N) is 1. The molecule has 0 radical (unpaired) electrons. The van der Waals surface area contributed by atoms with Crippen molar-refractivity contribution >= 4 is 11.8 Å². The first-order valence-electron chi connectivity index (χ1n) is 6.78. The van der Waals surface area contributed by atoms with Gasteiger partial charge in [0.05, 0.1) is 16.5 Å². The van der Waals surface area contributed by atoms with Crippen LogP contribution in [0.1, 0.15) is 24.1 Å². The molecule has 22 heavy (non-hydrogen) atoms. The zero-order chi connectivity index (χ0) is 15.9. The highest BCUT2D eigenvalue weighted by molar-refractivity contribution is 5.68. The Morgan fingerprint density at radius 1 is 1.18 bits per heavy atom. The van der Waals surface area contributed by atoms with E-state index in [1.165, 1.54) is 6.07 Å². The predicted octanol–water partition coefficient (Wildman–Crippen LogP) is 3.58. The third kappa shape index (κ3) is 4.05. The van der Waals surface area contributed by atoms with Gasteiger partial charge in [0.15, 0.2) is 0 Å². The Bertz CT molecular complexity index is 658. The average molecular weight is 300 g/mol. The fourth-order valence-electron chi connectivity index (χ4n) is 2.04. The Hall–Kier alpha value is -2.89. The van der Waals surface area contributed by atoms with E-state index in [4.69, 9.17) is 4.74 Å². The molecule has 0 aliphatic carbocycles. The highest BCUT2D eigenvalue weighted by atomic mass is 16.6. The first kappa shape index (κ1) is 15.5. The molecule has 1 atom stereocenters. The van der Waals surface area contributed by atoms with Gasteiger partial charge >= 0.3 is 6.09 Å². The lowest BCUT2D eigenvalue weighted by atomic mass is 10.1. The number of alkyl carbamates (subject to hydrolysis) is 1. The van der Waals surface area contributed by atoms with Crippen LogP contribution in [-0.2, 0) is 11.3 Å². The monoisotopic (exact) mass is 300 g/mol. The van der Waals surface area contributed by atoms with E-state index in [0.717, 1.165) is 5.56 Å². The number of hydrogen-bond acceptors (Lipinski definition) is 4. The molecule has 0 saturated heterocycles. The fourth-order valence-corrected chi connectivity index (χ4v) is 2.04. The lowest BCUT2D eigenvalue weighted by molar-refractivity contribution is -0.385. The summed E-state index contributed by atoms with van der Waals surface area (Å²) >= 11 is 0. The summed E-state index contributed by atoms with van der Waals surface area (Å²) < 4.78 is 5.10. The Morgan fingerprint density at radius 2 is 1.82 bits per heavy atom. The molecule has 0 aromatic heterocycles. The van der Waals surface area contributed by atoms with Crippen molar-refractivity contribution < 1.29 is 14.5 Å². The number of nitrogens with zero attached hydrogens (tertiary/aromatic N) is 1. The van der Waals surface area contributed by atoms with E-state index >= 15 is 0 Å². The minimum absolute atomic E-state index is 0.0293. The Kier molecular flexibility index (Phi) is 5.08. The number of amides is 1. The molecule has 0 fully saturated rings. The quantitative estimate of drug-likeness (QED) is 0.676. The van der Waals surface area contributed by atoms with Gasteiger partial charge in [0.2, 0.25) is 0 Å². The molecule has 0 heterocycles. The summed E-state index contributed by atoms with van der Waals surface area (Å²) in [6.45, 7) is 1.82. The van der Waals surface area contributed by atoms with Crippen molar-refractivity contribution in [3.05, 3.63) is 75.8 Å². The van der Waals surface area contributed by atoms with Gasteiger partial charge in [0.1, 0.15) is 6.61 Å². The van der Waals surface area contributed by atoms with Gasteiger partial charge in [0, 0.05) is 6.07 Å². The summed E-state index contributed by atoms with van der Waals surface area (Å²) in [6, 6.07) is 15.0. The van der Waals surface area contributed by atoms with Gasteiger partial charge in [0.25, 0.3) is 5.69 Å². The number of benzene rings is 2. The number of ether oxygens (including phenoxy) is 1. The van der Waals surface area contributed by atoms with E-state index in [-0.39, 0.29) is 12.3 Å². The summed E-state index contributed by atoms with van der Waals surface area (Å²) in [4.78, 5) is 22.3. The third-order valence-electron chi connectivity index (χ3n) is 3.15. The maximum atomic E-state index is 11.8. The van der Waals surface area contributed by atoms with Gasteiger partial charge in [-0.2, -0.15) is 0 Å². The SMILES string of the molecule is C[C@H](NC(=O)OCc1ccccc1)c1ccccc1[N+](=O)[O-]. The molecule has 0 bridgehead atoms. The van der Waals surface area contributed by atoms with Crippen LogP contribution < -0.4 is 5.32 Å². The van der Waals surface area contributed by atoms with Crippen molar-refractivity contribution in [2.75, 3.05) is 0 Å². The highest BCUT2D eigenvalue weighted by Crippen LogP contribution is 2.24. The van der Waals surface area contributed by atoms with Gasteiger partial charge in [-0.3, -0.25) is 10.1 Å². The maximum Gasteiger partial charge on any atom is 0.407 e. The number of nitro benzene ring substituents is 1. The van der Waals surface area contributed by atoms with Crippen molar-refractivity contribution in [2.24, 2.45) is 0 Å². The number of nitro groups is 1. The molecular weight excluding hydrogens is 284 g/mol. The summed E-state index contributed by atoms with van der Waals surface area (Å²) in [5.41, 5.74) is 1.28. The molecule has 0 saturated carbocycles. The number of para-hydroxylation sites is 1. The lowest BCUT2D eigenvalue weighted by Gasteiger charge is -2.14. The van der Waals surface area contributed by atoms with Crippen LogP contribution in [0.25, 0.3) is 0 Å². The molecule has 0 aliphatic rings. The van der Waals surface area contributed by atoms with Crippen LogP contribution >= 0.6 is 0 Å². The van der Waals surface area contributed by atoms with Crippen molar-refractivity contribution in [1.29, 1.82) is 0 Å². The topological polar surface area (TPSA) is 81.5 Å². The third-order valence-corrected chi connectivity index (χ3v) is 3.15. The first-order valence-corrected chi connectivity index (χ1v) is 6.78. The number of hydrogen-bond donors (Lipinski definition) is 1. The van der Waals surface area contributed by atoms with E-state index in [0.29, 0.717) is 5.56 Å². The smallest absolute Gasteiger partial charge is 0.407 e. The van der Waals surface area contributed by atoms with Crippen LogP contribution in [0.2, 0.25) is 0 Å². The second kappa shape index (κ2) is 7.21. The van der Waals surface area contributed by atoms with Crippen LogP contribution in [0.3, 0.4) is 0 Å². The number of carbonyl (C=O) groups excluding carboxylic acids is 1. The minimum atomic E-state index is -0.616. The molecule has 1 N–H and O–H groups in total. The Labute approximate surface area is 127 Å². The van der Waals surface area contributed by atoms with Gasteiger partial charge < -0.3 is 10.1 Å². The average Bonchev–Trinajstić information content (AvgIpc) is 2.54. The molecular formula is C16H16N2O4. The Balaban J connectivity index is 1.95. The summed E-state index contributed by atoms with van der Waals surface area (Å²) in [5.74, 6) is 0. The maximum absolute atomic E-state index is 11.8. The van der Waals surface area contributed by atoms with E-state index in [1.54, 1.807) is 25.1 Å². The number of carbonyl (C=O) groups is 1. The van der Waals surface area contributed by atoms with Crippen LogP contribution in [0.4, 0.5) is 10.5 Å². The van der Waals surface area contributed by atoms with Crippen LogP contribution in [0.15, 0.2) is 54.6 Å². The molecule has 2 aromatic carbocycles. The van der Waals surface area contributed by atoms with E-state index in [2.05, 4.69) is 5.32 Å². The minimum Gasteiger partial charge on any atom is -0.445 e. The largest absolute Gasteiger partial charge is 0.445 e. The first-order chi connectivity index (χ1) is 10.6. The number of rotatable bonds is 5. The summed E-state index contributed by atoms with van der Waals surface area (Å²) in [6.07, 6.45) is -0.616. The Morgan fingerprint density at radius 3 is 2.50 bits per heavy atom. The second-order valence-corrected chi connectivity index (χ2v) is 4.74. The van der Waals surface area contributed by atoms with Gasteiger partial charge in [-0.05, 0) is 12.5 Å². The van der Waals surface area contributed by atoms with Crippen LogP contribution in [-0.4, -0.2) is 11.0 Å². The zero-order valence-corrected chi connectivity index (χ0v) is 12.1. The normalized spacial score (nSPS) is 11.5. The van der Waals surface area contributed by atoms with E-state index in [9.17, 15) is 14.9 Å². The molecule has 0 aliphatic heterocycles. The predicted molar refractivity (Wildman–Crippen MR) is 81.3 cm³/mol. The van der Waals surface area contributed by atoms with E-state index < -0.39 is 17.1 Å². The highest BCUT2D eigenvalue weighted by Gasteiger charge is 2.19. The molecule has 0 spiro atoms. The fraction of sp³-hybridized carbons (Fsp3) is 0.188. The second-order valence-electron chi connectivity index (χ2n) is 4.74. The van der Waals surface area contributed by atoms with E-state index in [1.807, 2.05) is 30.3 Å². The van der Waals surface area contributed by atoms with Gasteiger partial charge in [-0.25, -0.2) is 4.79 Å². The van der Waals surface area contributed by atoms with Crippen LogP contribution in [0.5, 0.6) is 0 Å². The molecule has 6 heteroatoms. The lowest BCUT2D eigenvalue weighted by Crippen LogP contribution is -2.27. The zero-order valence-electron chi connectivity index (χ0n) is 12.1. The molecule has 2 aromatic rings. The standard InChI is InChI=1S/C16H16N2O4/c1-12(14-9-5-6-10-15(14)18(20)21)17-16(19)22-11-13-7-3-2-4-8-13/h2-10,12H,11H2,1H3,(H,17,19)/t12-/m0/s1. The summed E-state index contributed by atoms with van der Waals surface area (Å²) in [5, 5.41) is 13.6. The molecule has 114 valence electrons.